The van der Waals surface area contributed by atoms with Crippen LogP contribution in [0.1, 0.15) is 17.2 Å². The van der Waals surface area contributed by atoms with Gasteiger partial charge in [-0.1, -0.05) is 15.9 Å². The average Bonchev–Trinajstić information content (AvgIpc) is 2.30. The molecule has 1 atom stereocenters. The molecule has 1 aromatic rings. The van der Waals surface area contributed by atoms with E-state index in [4.69, 9.17) is 9.47 Å². The molecule has 0 fully saturated rings. The second-order valence-corrected chi connectivity index (χ2v) is 5.69. The molecule has 1 aromatic carbocycles. The minimum atomic E-state index is -0.457. The maximum absolute atomic E-state index is 10.1. The molecule has 0 amide bonds. The van der Waals surface area contributed by atoms with E-state index in [1.807, 2.05) is 6.07 Å². The average molecular weight is 303 g/mol. The van der Waals surface area contributed by atoms with Crippen molar-refractivity contribution in [1.82, 2.24) is 0 Å². The molecule has 2 aliphatic heterocycles. The zero-order valence-corrected chi connectivity index (χ0v) is 10.9. The van der Waals surface area contributed by atoms with Gasteiger partial charge in [0.1, 0.15) is 13.2 Å². The minimum Gasteiger partial charge on any atom is -0.486 e. The normalized spacial score (nSPS) is 22.8. The van der Waals surface area contributed by atoms with E-state index < -0.39 is 6.10 Å². The molecular formula is C11H11BrO3S. The molecule has 0 radical (unpaired) electrons. The van der Waals surface area contributed by atoms with Crippen LogP contribution in [0.15, 0.2) is 10.5 Å². The number of hydrogen-bond acceptors (Lipinski definition) is 4. The Morgan fingerprint density at radius 3 is 3.06 bits per heavy atom. The third-order valence-electron chi connectivity index (χ3n) is 2.78. The zero-order valence-electron chi connectivity index (χ0n) is 8.53. The smallest absolute Gasteiger partial charge is 0.167 e. The number of halogens is 1. The summed E-state index contributed by atoms with van der Waals surface area (Å²) < 4.78 is 12.2. The molecule has 0 saturated carbocycles. The summed E-state index contributed by atoms with van der Waals surface area (Å²) in [7, 11) is 0. The van der Waals surface area contributed by atoms with Crippen molar-refractivity contribution >= 4 is 27.7 Å². The summed E-state index contributed by atoms with van der Waals surface area (Å²) in [4.78, 5) is 0. The number of benzene rings is 1. The number of aliphatic hydroxyl groups is 1. The van der Waals surface area contributed by atoms with Crippen LogP contribution < -0.4 is 9.47 Å². The molecule has 3 rings (SSSR count). The fraction of sp³-hybridized carbons (Fsp3) is 0.455. The third kappa shape index (κ3) is 1.61. The van der Waals surface area contributed by atoms with Gasteiger partial charge in [0.15, 0.2) is 11.5 Å². The monoisotopic (exact) mass is 302 g/mol. The maximum Gasteiger partial charge on any atom is 0.167 e. The number of ether oxygens (including phenoxy) is 2. The highest BCUT2D eigenvalue weighted by molar-refractivity contribution is 9.10. The van der Waals surface area contributed by atoms with E-state index in [-0.39, 0.29) is 0 Å². The van der Waals surface area contributed by atoms with Crippen LogP contribution in [0, 0.1) is 0 Å². The topological polar surface area (TPSA) is 38.7 Å². The standard InChI is InChI=1S/C11H11BrO3S/c12-7-3-9-11(15-2-1-14-9)10-6(7)4-16-5-8(10)13/h3,8,13H,1-2,4-5H2/t8-/m1/s1. The minimum absolute atomic E-state index is 0.457. The second kappa shape index (κ2) is 4.13. The molecule has 2 heterocycles. The molecule has 0 spiro atoms. The first-order valence-electron chi connectivity index (χ1n) is 5.14. The molecule has 0 aromatic heterocycles. The van der Waals surface area contributed by atoms with Gasteiger partial charge in [0.05, 0.1) is 6.10 Å². The lowest BCUT2D eigenvalue weighted by Crippen LogP contribution is -2.20. The zero-order chi connectivity index (χ0) is 11.1. The Hall–Kier alpha value is -0.390. The van der Waals surface area contributed by atoms with Crippen LogP contribution in [-0.4, -0.2) is 24.1 Å². The van der Waals surface area contributed by atoms with E-state index in [0.717, 1.165) is 38.6 Å². The molecule has 0 bridgehead atoms. The Bertz CT molecular complexity index is 436. The molecule has 0 unspecified atom stereocenters. The lowest BCUT2D eigenvalue weighted by atomic mass is 10.0. The molecule has 5 heteroatoms. The first-order valence-corrected chi connectivity index (χ1v) is 7.09. The van der Waals surface area contributed by atoms with Crippen LogP contribution in [0.2, 0.25) is 0 Å². The van der Waals surface area contributed by atoms with E-state index in [9.17, 15) is 5.11 Å². The fourth-order valence-electron chi connectivity index (χ4n) is 2.07. The van der Waals surface area contributed by atoms with Crippen LogP contribution in [0.25, 0.3) is 0 Å². The molecule has 2 aliphatic rings. The Morgan fingerprint density at radius 2 is 2.19 bits per heavy atom. The van der Waals surface area contributed by atoms with Gasteiger partial charge >= 0.3 is 0 Å². The summed E-state index contributed by atoms with van der Waals surface area (Å²) in [5, 5.41) is 10.1. The van der Waals surface area contributed by atoms with E-state index in [1.165, 1.54) is 0 Å². The molecule has 3 nitrogen and oxygen atoms in total. The van der Waals surface area contributed by atoms with Crippen molar-refractivity contribution in [3.05, 3.63) is 21.7 Å². The molecule has 86 valence electrons. The highest BCUT2D eigenvalue weighted by Gasteiger charge is 2.29. The SMILES string of the molecule is O[C@@H]1CSCc2c(Br)cc3c(c21)OCCO3. The van der Waals surface area contributed by atoms with Crippen molar-refractivity contribution < 1.29 is 14.6 Å². The predicted octanol–water partition coefficient (Wildman–Crippen LogP) is 2.50. The summed E-state index contributed by atoms with van der Waals surface area (Å²) in [6.07, 6.45) is -0.457. The van der Waals surface area contributed by atoms with Crippen LogP contribution in [0.4, 0.5) is 0 Å². The Balaban J connectivity index is 2.21. The summed E-state index contributed by atoms with van der Waals surface area (Å²) >= 11 is 5.26. The van der Waals surface area contributed by atoms with Gasteiger partial charge in [-0.05, 0) is 11.6 Å². The van der Waals surface area contributed by atoms with Crippen LogP contribution in [-0.2, 0) is 5.75 Å². The number of hydrogen-bond donors (Lipinski definition) is 1. The Labute approximate surface area is 106 Å². The van der Waals surface area contributed by atoms with Gasteiger partial charge in [-0.3, -0.25) is 0 Å². The van der Waals surface area contributed by atoms with Gasteiger partial charge in [0, 0.05) is 21.5 Å². The van der Waals surface area contributed by atoms with Gasteiger partial charge in [-0.25, -0.2) is 0 Å². The molecular weight excluding hydrogens is 292 g/mol. The van der Waals surface area contributed by atoms with Crippen molar-refractivity contribution in [3.8, 4) is 11.5 Å². The van der Waals surface area contributed by atoms with E-state index >= 15 is 0 Å². The molecule has 0 saturated heterocycles. The van der Waals surface area contributed by atoms with E-state index in [1.54, 1.807) is 11.8 Å². The summed E-state index contributed by atoms with van der Waals surface area (Å²) in [5.74, 6) is 3.10. The van der Waals surface area contributed by atoms with Gasteiger partial charge in [-0.2, -0.15) is 11.8 Å². The van der Waals surface area contributed by atoms with Crippen molar-refractivity contribution in [2.45, 2.75) is 11.9 Å². The maximum atomic E-state index is 10.1. The first kappa shape index (κ1) is 10.7. The number of fused-ring (bicyclic) bond motifs is 3. The van der Waals surface area contributed by atoms with Crippen molar-refractivity contribution in [3.63, 3.8) is 0 Å². The number of rotatable bonds is 0. The van der Waals surface area contributed by atoms with Gasteiger partial charge in [0.25, 0.3) is 0 Å². The van der Waals surface area contributed by atoms with E-state index in [2.05, 4.69) is 15.9 Å². The summed E-state index contributed by atoms with van der Waals surface area (Å²) in [6, 6.07) is 1.94. The van der Waals surface area contributed by atoms with Gasteiger partial charge in [-0.15, -0.1) is 0 Å². The largest absolute Gasteiger partial charge is 0.486 e. The molecule has 0 aliphatic carbocycles. The quantitative estimate of drug-likeness (QED) is 0.799. The highest BCUT2D eigenvalue weighted by atomic mass is 79.9. The second-order valence-electron chi connectivity index (χ2n) is 3.81. The molecule has 1 N–H and O–H groups in total. The van der Waals surface area contributed by atoms with Crippen LogP contribution >= 0.6 is 27.7 Å². The van der Waals surface area contributed by atoms with Crippen molar-refractivity contribution in [2.24, 2.45) is 0 Å². The summed E-state index contributed by atoms with van der Waals surface area (Å²) in [5.41, 5.74) is 2.04. The van der Waals surface area contributed by atoms with Crippen molar-refractivity contribution in [1.29, 1.82) is 0 Å². The third-order valence-corrected chi connectivity index (χ3v) is 4.53. The van der Waals surface area contributed by atoms with Crippen LogP contribution in [0.3, 0.4) is 0 Å². The number of aliphatic hydroxyl groups excluding tert-OH is 1. The fourth-order valence-corrected chi connectivity index (χ4v) is 3.84. The first-order chi connectivity index (χ1) is 7.77. The lowest BCUT2D eigenvalue weighted by molar-refractivity contribution is 0.153. The van der Waals surface area contributed by atoms with E-state index in [0.29, 0.717) is 13.2 Å². The predicted molar refractivity (Wildman–Crippen MR) is 66.3 cm³/mol. The van der Waals surface area contributed by atoms with Crippen LogP contribution in [0.5, 0.6) is 11.5 Å². The lowest BCUT2D eigenvalue weighted by Gasteiger charge is -2.29. The number of thioether (sulfide) groups is 1. The van der Waals surface area contributed by atoms with Gasteiger partial charge < -0.3 is 14.6 Å². The molecule has 16 heavy (non-hydrogen) atoms. The van der Waals surface area contributed by atoms with Gasteiger partial charge in [0.2, 0.25) is 0 Å². The Kier molecular flexibility index (Phi) is 2.77. The highest BCUT2D eigenvalue weighted by Crippen LogP contribution is 2.47. The van der Waals surface area contributed by atoms with Crippen molar-refractivity contribution in [2.75, 3.05) is 19.0 Å². The summed E-state index contributed by atoms with van der Waals surface area (Å²) in [6.45, 7) is 1.13. The Morgan fingerprint density at radius 1 is 1.38 bits per heavy atom.